The second-order valence-electron chi connectivity index (χ2n) is 1.52. The zero-order valence-electron chi connectivity index (χ0n) is 5.26. The lowest BCUT2D eigenvalue weighted by atomic mass is 10.4. The molecule has 53 valence electrons. The van der Waals surface area contributed by atoms with Crippen LogP contribution >= 0.6 is 0 Å². The first-order chi connectivity index (χ1) is 4.35. The molecule has 1 amide bonds. The van der Waals surface area contributed by atoms with Crippen molar-refractivity contribution < 1.29 is 14.6 Å². The van der Waals surface area contributed by atoms with Gasteiger partial charge < -0.3 is 15.2 Å². The second kappa shape index (κ2) is 5.53. The fraction of sp³-hybridized carbons (Fsp3) is 0.800. The Labute approximate surface area is 53.8 Å². The van der Waals surface area contributed by atoms with E-state index in [1.807, 2.05) is 0 Å². The van der Waals surface area contributed by atoms with Crippen LogP contribution in [0.2, 0.25) is 0 Å². The Morgan fingerprint density at radius 3 is 2.89 bits per heavy atom. The Bertz CT molecular complexity index is 72.6. The van der Waals surface area contributed by atoms with Gasteiger partial charge in [0.1, 0.15) is 0 Å². The van der Waals surface area contributed by atoms with Crippen molar-refractivity contribution in [3.8, 4) is 0 Å². The fourth-order valence-electron chi connectivity index (χ4n) is 0.378. The molecule has 0 aromatic heterocycles. The van der Waals surface area contributed by atoms with Crippen molar-refractivity contribution in [3.63, 3.8) is 0 Å². The van der Waals surface area contributed by atoms with E-state index < -0.39 is 0 Å². The molecule has 0 aliphatic carbocycles. The van der Waals surface area contributed by atoms with E-state index >= 15 is 0 Å². The lowest BCUT2D eigenvalue weighted by Gasteiger charge is -2.09. The summed E-state index contributed by atoms with van der Waals surface area (Å²) in [5, 5.41) is 10.7. The number of aliphatic hydroxyl groups is 1. The van der Waals surface area contributed by atoms with Crippen LogP contribution in [-0.4, -0.2) is 37.9 Å². The SMILES string of the molecule is COC(CO)CN[C]=O. The van der Waals surface area contributed by atoms with Gasteiger partial charge in [-0.15, -0.1) is 0 Å². The van der Waals surface area contributed by atoms with Gasteiger partial charge in [-0.2, -0.15) is 0 Å². The molecule has 4 nitrogen and oxygen atoms in total. The zero-order chi connectivity index (χ0) is 7.11. The molecule has 9 heavy (non-hydrogen) atoms. The van der Waals surface area contributed by atoms with Crippen LogP contribution in [0, 0.1) is 0 Å². The Balaban J connectivity index is 3.19. The standard InChI is InChI=1S/C5H10NO3/c1-9-5(3-7)2-6-4-8/h5,7H,2-3H2,1H3,(H,6,8). The first kappa shape index (κ1) is 8.39. The summed E-state index contributed by atoms with van der Waals surface area (Å²) in [6, 6.07) is 0. The van der Waals surface area contributed by atoms with Crippen LogP contribution in [0.15, 0.2) is 0 Å². The molecular weight excluding hydrogens is 122 g/mol. The molecule has 0 aromatic rings. The van der Waals surface area contributed by atoms with Crippen molar-refractivity contribution in [2.24, 2.45) is 0 Å². The van der Waals surface area contributed by atoms with Gasteiger partial charge >= 0.3 is 6.41 Å². The smallest absolute Gasteiger partial charge is 0.309 e. The second-order valence-corrected chi connectivity index (χ2v) is 1.52. The molecule has 0 rings (SSSR count). The predicted molar refractivity (Wildman–Crippen MR) is 31.6 cm³/mol. The van der Waals surface area contributed by atoms with Crippen LogP contribution in [0.5, 0.6) is 0 Å². The molecule has 1 atom stereocenters. The summed E-state index contributed by atoms with van der Waals surface area (Å²) in [6.07, 6.45) is 1.16. The molecule has 0 bridgehead atoms. The summed E-state index contributed by atoms with van der Waals surface area (Å²) < 4.78 is 4.71. The maximum Gasteiger partial charge on any atom is 0.309 e. The molecule has 0 heterocycles. The molecule has 0 aromatic carbocycles. The molecule has 0 fully saturated rings. The van der Waals surface area contributed by atoms with Gasteiger partial charge in [0, 0.05) is 13.7 Å². The van der Waals surface area contributed by atoms with Gasteiger partial charge in [-0.1, -0.05) is 0 Å². The summed E-state index contributed by atoms with van der Waals surface area (Å²) in [5.41, 5.74) is 0. The Morgan fingerprint density at radius 2 is 2.56 bits per heavy atom. The average Bonchev–Trinajstić information content (AvgIpc) is 1.91. The average molecular weight is 132 g/mol. The third kappa shape index (κ3) is 3.93. The highest BCUT2D eigenvalue weighted by Gasteiger charge is 2.02. The number of aliphatic hydroxyl groups excluding tert-OH is 1. The number of methoxy groups -OCH3 is 1. The lowest BCUT2D eigenvalue weighted by molar-refractivity contribution is 0.0522. The van der Waals surface area contributed by atoms with Gasteiger partial charge in [0.25, 0.3) is 0 Å². The molecule has 0 spiro atoms. The van der Waals surface area contributed by atoms with Gasteiger partial charge in [-0.3, -0.25) is 4.79 Å². The van der Waals surface area contributed by atoms with E-state index in [4.69, 9.17) is 9.84 Å². The summed E-state index contributed by atoms with van der Waals surface area (Å²) in [7, 11) is 1.47. The third-order valence-corrected chi connectivity index (χ3v) is 0.939. The van der Waals surface area contributed by atoms with Crippen molar-refractivity contribution >= 4 is 6.41 Å². The van der Waals surface area contributed by atoms with Crippen molar-refractivity contribution in [3.05, 3.63) is 0 Å². The molecule has 1 unspecified atom stereocenters. The minimum atomic E-state index is -0.313. The van der Waals surface area contributed by atoms with Crippen LogP contribution in [0.4, 0.5) is 0 Å². The number of rotatable bonds is 5. The van der Waals surface area contributed by atoms with Crippen molar-refractivity contribution in [1.82, 2.24) is 5.32 Å². The van der Waals surface area contributed by atoms with Gasteiger partial charge in [0.2, 0.25) is 0 Å². The molecule has 1 radical (unpaired) electrons. The summed E-state index contributed by atoms with van der Waals surface area (Å²) in [5.74, 6) is 0. The van der Waals surface area contributed by atoms with Crippen LogP contribution in [-0.2, 0) is 9.53 Å². The molecule has 0 aliphatic heterocycles. The quantitative estimate of drug-likeness (QED) is 0.455. The van der Waals surface area contributed by atoms with Crippen LogP contribution < -0.4 is 5.32 Å². The summed E-state index contributed by atoms with van der Waals surface area (Å²) >= 11 is 0. The maximum atomic E-state index is 9.57. The Morgan fingerprint density at radius 1 is 1.89 bits per heavy atom. The van der Waals surface area contributed by atoms with Crippen LogP contribution in [0.1, 0.15) is 0 Å². The molecule has 0 saturated heterocycles. The van der Waals surface area contributed by atoms with Gasteiger partial charge in [-0.05, 0) is 0 Å². The number of nitrogens with one attached hydrogen (secondary N) is 1. The first-order valence-corrected chi connectivity index (χ1v) is 2.58. The van der Waals surface area contributed by atoms with Gasteiger partial charge in [-0.25, -0.2) is 0 Å². The molecule has 2 N–H and O–H groups in total. The van der Waals surface area contributed by atoms with Gasteiger partial charge in [0.15, 0.2) is 0 Å². The van der Waals surface area contributed by atoms with Crippen molar-refractivity contribution in [1.29, 1.82) is 0 Å². The minimum Gasteiger partial charge on any atom is -0.394 e. The molecular formula is C5H10NO3. The molecule has 0 saturated carbocycles. The van der Waals surface area contributed by atoms with Gasteiger partial charge in [0.05, 0.1) is 12.7 Å². The van der Waals surface area contributed by atoms with Crippen LogP contribution in [0.3, 0.4) is 0 Å². The largest absolute Gasteiger partial charge is 0.394 e. The lowest BCUT2D eigenvalue weighted by Crippen LogP contribution is -2.30. The Hall–Kier alpha value is -0.610. The Kier molecular flexibility index (Phi) is 5.15. The monoisotopic (exact) mass is 132 g/mol. The maximum absolute atomic E-state index is 9.57. The van der Waals surface area contributed by atoms with E-state index in [9.17, 15) is 4.79 Å². The number of hydrogen-bond donors (Lipinski definition) is 2. The van der Waals surface area contributed by atoms with E-state index in [0.29, 0.717) is 6.54 Å². The van der Waals surface area contributed by atoms with E-state index in [1.165, 1.54) is 13.5 Å². The minimum absolute atomic E-state index is 0.0921. The highest BCUT2D eigenvalue weighted by Crippen LogP contribution is 1.82. The van der Waals surface area contributed by atoms with E-state index in [1.54, 1.807) is 0 Å². The number of hydrogen-bond acceptors (Lipinski definition) is 3. The highest BCUT2D eigenvalue weighted by atomic mass is 16.5. The summed E-state index contributed by atoms with van der Waals surface area (Å²) in [6.45, 7) is 0.210. The molecule has 0 aliphatic rings. The fourth-order valence-corrected chi connectivity index (χ4v) is 0.378. The number of amides is 1. The zero-order valence-corrected chi connectivity index (χ0v) is 5.26. The van der Waals surface area contributed by atoms with E-state index in [0.717, 1.165) is 0 Å². The normalized spacial score (nSPS) is 12.7. The molecule has 4 heteroatoms. The third-order valence-electron chi connectivity index (χ3n) is 0.939. The van der Waals surface area contributed by atoms with E-state index in [-0.39, 0.29) is 12.7 Å². The van der Waals surface area contributed by atoms with E-state index in [2.05, 4.69) is 5.32 Å². The number of carbonyl (C=O) groups excluding carboxylic acids is 1. The topological polar surface area (TPSA) is 58.6 Å². The van der Waals surface area contributed by atoms with Crippen molar-refractivity contribution in [2.75, 3.05) is 20.3 Å². The highest BCUT2D eigenvalue weighted by molar-refractivity contribution is 5.46. The number of ether oxygens (including phenoxy) is 1. The summed E-state index contributed by atoms with van der Waals surface area (Å²) in [4.78, 5) is 9.57. The van der Waals surface area contributed by atoms with Crippen LogP contribution in [0.25, 0.3) is 0 Å². The first-order valence-electron chi connectivity index (χ1n) is 2.58. The predicted octanol–water partition coefficient (Wildman–Crippen LogP) is -1.35. The van der Waals surface area contributed by atoms with Crippen molar-refractivity contribution in [2.45, 2.75) is 6.10 Å².